The van der Waals surface area contributed by atoms with Gasteiger partial charge in [0.2, 0.25) is 0 Å². The van der Waals surface area contributed by atoms with Crippen molar-refractivity contribution in [2.24, 2.45) is 0 Å². The Kier molecular flexibility index (Phi) is 11.6. The Morgan fingerprint density at radius 3 is 2.59 bits per heavy atom. The molecule has 3 aliphatic rings. The van der Waals surface area contributed by atoms with Gasteiger partial charge in [-0.05, 0) is 70.6 Å². The van der Waals surface area contributed by atoms with E-state index in [9.17, 15) is 19.8 Å². The van der Waals surface area contributed by atoms with E-state index >= 15 is 0 Å². The molecule has 54 heavy (non-hydrogen) atoms. The Labute approximate surface area is 327 Å². The molecule has 5 N–H and O–H groups in total. The summed E-state index contributed by atoms with van der Waals surface area (Å²) in [6, 6.07) is 18.6. The van der Waals surface area contributed by atoms with Gasteiger partial charge in [0.1, 0.15) is 30.8 Å². The zero-order valence-corrected chi connectivity index (χ0v) is 32.3. The molecule has 284 valence electrons. The average Bonchev–Trinajstić information content (AvgIpc) is 3.75. The van der Waals surface area contributed by atoms with Crippen molar-refractivity contribution in [2.45, 2.75) is 57.2 Å². The third kappa shape index (κ3) is 8.45. The van der Waals surface area contributed by atoms with Gasteiger partial charge in [0.05, 0.1) is 16.7 Å². The number of carbonyl (C=O) groups is 2. The van der Waals surface area contributed by atoms with Crippen LogP contribution in [-0.4, -0.2) is 89.1 Å². The first-order valence-electron chi connectivity index (χ1n) is 18.1. The summed E-state index contributed by atoms with van der Waals surface area (Å²) < 4.78 is 13.5. The number of aliphatic hydroxyl groups is 1. The van der Waals surface area contributed by atoms with Crippen molar-refractivity contribution < 1.29 is 29.3 Å². The lowest BCUT2D eigenvalue weighted by Gasteiger charge is -2.47. The number of hydrogen-bond donors (Lipinski definition) is 5. The highest BCUT2D eigenvalue weighted by Gasteiger charge is 2.47. The number of halogens is 2. The molecular weight excluding hydrogens is 776 g/mol. The molecule has 2 amide bonds. The van der Waals surface area contributed by atoms with E-state index in [2.05, 4.69) is 70.9 Å². The van der Waals surface area contributed by atoms with Crippen LogP contribution in [0.25, 0.3) is 11.1 Å². The second kappa shape index (κ2) is 16.5. The van der Waals surface area contributed by atoms with Crippen LogP contribution in [0.2, 0.25) is 5.02 Å². The normalized spacial score (nSPS) is 17.0. The van der Waals surface area contributed by atoms with Crippen molar-refractivity contribution in [3.63, 3.8) is 0 Å². The van der Waals surface area contributed by atoms with E-state index in [1.165, 1.54) is 23.7 Å². The van der Waals surface area contributed by atoms with Crippen molar-refractivity contribution in [1.29, 1.82) is 0 Å². The largest absolute Gasteiger partial charge is 0.488 e. The summed E-state index contributed by atoms with van der Waals surface area (Å²) in [5.74, 6) is -0.282. The summed E-state index contributed by atoms with van der Waals surface area (Å²) in [6.45, 7) is 7.44. The third-order valence-corrected chi connectivity index (χ3v) is 11.5. The quantitative estimate of drug-likeness (QED) is 0.100. The van der Waals surface area contributed by atoms with Gasteiger partial charge in [0, 0.05) is 91.1 Å². The van der Waals surface area contributed by atoms with Crippen LogP contribution in [0.5, 0.6) is 11.5 Å². The van der Waals surface area contributed by atoms with E-state index in [1.807, 2.05) is 24.3 Å². The summed E-state index contributed by atoms with van der Waals surface area (Å²) in [5.41, 5.74) is 7.23. The molecule has 0 aliphatic carbocycles. The highest BCUT2D eigenvalue weighted by atomic mass is 79.9. The van der Waals surface area contributed by atoms with Crippen LogP contribution in [0.15, 0.2) is 77.5 Å². The predicted molar refractivity (Wildman–Crippen MR) is 210 cm³/mol. The zero-order chi connectivity index (χ0) is 37.8. The number of ether oxygens (including phenoxy) is 2. The van der Waals surface area contributed by atoms with Crippen molar-refractivity contribution in [1.82, 2.24) is 25.8 Å². The number of aliphatic hydroxyl groups excluding tert-OH is 1. The van der Waals surface area contributed by atoms with Gasteiger partial charge < -0.3 is 35.2 Å². The van der Waals surface area contributed by atoms with Gasteiger partial charge in [-0.25, -0.2) is 4.79 Å². The molecule has 2 atom stereocenters. The molecule has 7 rings (SSSR count). The fourth-order valence-electron chi connectivity index (χ4n) is 7.55. The Bertz CT molecular complexity index is 2000. The second-order valence-corrected chi connectivity index (χ2v) is 15.4. The molecular formula is C40H44BrClN6O6. The van der Waals surface area contributed by atoms with Gasteiger partial charge >= 0.3 is 12.0 Å². The molecule has 3 aromatic carbocycles. The first kappa shape index (κ1) is 37.9. The second-order valence-electron chi connectivity index (χ2n) is 14.2. The number of carboxylic acid groups (broad SMARTS) is 1. The maximum atomic E-state index is 11.7. The average molecular weight is 820 g/mol. The van der Waals surface area contributed by atoms with Crippen LogP contribution >= 0.6 is 27.5 Å². The van der Waals surface area contributed by atoms with Gasteiger partial charge in [0.15, 0.2) is 0 Å². The van der Waals surface area contributed by atoms with Crippen molar-refractivity contribution in [3.8, 4) is 22.6 Å². The number of urea groups is 1. The standard InChI is InChI=1S/C40H44BrClN6O6/c1-25(49)37(38(50)51)44-19-28-16-32(42)35(17-34(28)53-20-26-6-4-12-43-18-26)54-21-27-7-2-9-31(36(27)41)29-8-3-10-33-30(29)11-15-48(33)14-5-13-47-23-40(24-47)22-45-39(52)46-40/h2-4,6-10,12,16-18,25,37,44,49H,5,11,13-15,19-24H2,1H3,(H,50,51)(H2,45,46,52)/t25?,37-/m0/s1. The van der Waals surface area contributed by atoms with Crippen LogP contribution in [0.1, 0.15) is 35.6 Å². The van der Waals surface area contributed by atoms with Crippen molar-refractivity contribution in [2.75, 3.05) is 44.2 Å². The first-order valence-corrected chi connectivity index (χ1v) is 19.3. The van der Waals surface area contributed by atoms with E-state index in [1.54, 1.807) is 24.5 Å². The summed E-state index contributed by atoms with van der Waals surface area (Å²) >= 11 is 10.6. The minimum atomic E-state index is -1.17. The minimum Gasteiger partial charge on any atom is -0.488 e. The summed E-state index contributed by atoms with van der Waals surface area (Å²) in [7, 11) is 0. The molecule has 0 saturated carbocycles. The lowest BCUT2D eigenvalue weighted by Crippen LogP contribution is -2.68. The van der Waals surface area contributed by atoms with Crippen molar-refractivity contribution >= 4 is 45.2 Å². The SMILES string of the molecule is CC(O)[C@H](NCc1cc(Cl)c(OCc2cccc(-c3cccc4c3CCN4CCCN3CC4(CNC(=O)N4)C3)c2Br)cc1OCc1cccnc1)C(=O)O. The number of pyridine rings is 1. The van der Waals surface area contributed by atoms with Crippen LogP contribution in [0.4, 0.5) is 10.5 Å². The monoisotopic (exact) mass is 818 g/mol. The Morgan fingerprint density at radius 2 is 1.85 bits per heavy atom. The van der Waals surface area contributed by atoms with Crippen LogP contribution < -0.4 is 30.3 Å². The number of anilines is 1. The van der Waals surface area contributed by atoms with Gasteiger partial charge in [0.25, 0.3) is 0 Å². The molecule has 4 heterocycles. The summed E-state index contributed by atoms with van der Waals surface area (Å²) in [6.07, 6.45) is 4.31. The number of benzene rings is 3. The molecule has 1 unspecified atom stereocenters. The number of hydrogen-bond acceptors (Lipinski definition) is 9. The van der Waals surface area contributed by atoms with Crippen LogP contribution in [0.3, 0.4) is 0 Å². The van der Waals surface area contributed by atoms with Crippen LogP contribution in [-0.2, 0) is 31.0 Å². The number of rotatable bonds is 16. The topological polar surface area (TPSA) is 149 Å². The third-order valence-electron chi connectivity index (χ3n) is 10.3. The van der Waals surface area contributed by atoms with E-state index < -0.39 is 18.1 Å². The maximum Gasteiger partial charge on any atom is 0.323 e. The maximum absolute atomic E-state index is 11.7. The molecule has 12 nitrogen and oxygen atoms in total. The number of carbonyl (C=O) groups excluding carboxylic acids is 1. The molecule has 2 saturated heterocycles. The smallest absolute Gasteiger partial charge is 0.323 e. The number of fused-ring (bicyclic) bond motifs is 1. The fraction of sp³-hybridized carbons (Fsp3) is 0.375. The number of likely N-dealkylation sites (tertiary alicyclic amines) is 1. The van der Waals surface area contributed by atoms with E-state index in [4.69, 9.17) is 21.1 Å². The Hall–Kier alpha value is -4.40. The molecule has 3 aliphatic heterocycles. The van der Waals surface area contributed by atoms with Crippen LogP contribution in [0, 0.1) is 0 Å². The Balaban J connectivity index is 1.03. The summed E-state index contributed by atoms with van der Waals surface area (Å²) in [5, 5.41) is 28.7. The number of aromatic nitrogens is 1. The lowest BCUT2D eigenvalue weighted by molar-refractivity contribution is -0.142. The minimum absolute atomic E-state index is 0.0608. The highest BCUT2D eigenvalue weighted by Crippen LogP contribution is 2.41. The number of nitrogens with one attached hydrogen (secondary N) is 3. The number of nitrogens with zero attached hydrogens (tertiary/aromatic N) is 3. The molecule has 4 aromatic rings. The molecule has 1 aromatic heterocycles. The van der Waals surface area contributed by atoms with Gasteiger partial charge in [-0.2, -0.15) is 0 Å². The summed E-state index contributed by atoms with van der Waals surface area (Å²) in [4.78, 5) is 32.3. The predicted octanol–water partition coefficient (Wildman–Crippen LogP) is 5.37. The molecule has 2 fully saturated rings. The molecule has 14 heteroatoms. The highest BCUT2D eigenvalue weighted by molar-refractivity contribution is 9.10. The fourth-order valence-corrected chi connectivity index (χ4v) is 8.38. The van der Waals surface area contributed by atoms with E-state index in [0.717, 1.165) is 66.7 Å². The zero-order valence-electron chi connectivity index (χ0n) is 30.0. The van der Waals surface area contributed by atoms with E-state index in [0.29, 0.717) is 28.6 Å². The van der Waals surface area contributed by atoms with Gasteiger partial charge in [-0.3, -0.25) is 20.0 Å². The molecule has 0 bridgehead atoms. The molecule has 1 spiro atoms. The van der Waals surface area contributed by atoms with E-state index in [-0.39, 0.29) is 31.3 Å². The van der Waals surface area contributed by atoms with Gasteiger partial charge in [-0.1, -0.05) is 48.0 Å². The number of carboxylic acids is 1. The van der Waals surface area contributed by atoms with Gasteiger partial charge in [-0.15, -0.1) is 0 Å². The number of amides is 2. The molecule has 0 radical (unpaired) electrons. The number of aliphatic carboxylic acids is 1. The first-order chi connectivity index (χ1) is 26.1. The lowest BCUT2D eigenvalue weighted by atomic mass is 9.91. The van der Waals surface area contributed by atoms with Crippen molar-refractivity contribution in [3.05, 3.63) is 105 Å². The Morgan fingerprint density at radius 1 is 1.06 bits per heavy atom.